The lowest BCUT2D eigenvalue weighted by Crippen LogP contribution is -2.09. The van der Waals surface area contributed by atoms with Crippen molar-refractivity contribution in [2.24, 2.45) is 0 Å². The van der Waals surface area contributed by atoms with Gasteiger partial charge in [-0.15, -0.1) is 0 Å². The van der Waals surface area contributed by atoms with Crippen LogP contribution < -0.4 is 5.32 Å². The van der Waals surface area contributed by atoms with Crippen LogP contribution >= 0.6 is 0 Å². The number of nitrogens with one attached hydrogen (secondary N) is 2. The van der Waals surface area contributed by atoms with E-state index >= 15 is 0 Å². The second-order valence-corrected chi connectivity index (χ2v) is 6.01. The monoisotopic (exact) mass is 327 g/mol. The maximum atomic E-state index is 11.7. The Morgan fingerprint density at radius 3 is 2.60 bits per heavy atom. The average molecular weight is 327 g/mol. The summed E-state index contributed by atoms with van der Waals surface area (Å²) in [7, 11) is 0. The molecule has 0 aliphatic carbocycles. The maximum absolute atomic E-state index is 11.7. The predicted octanol–water partition coefficient (Wildman–Crippen LogP) is 4.76. The minimum atomic E-state index is 0.0438. The zero-order valence-corrected chi connectivity index (χ0v) is 13.8. The molecule has 0 radical (unpaired) electrons. The average Bonchev–Trinajstić information content (AvgIpc) is 3.15. The van der Waals surface area contributed by atoms with E-state index in [1.54, 1.807) is 13.1 Å². The summed E-state index contributed by atoms with van der Waals surface area (Å²) in [6, 6.07) is 13.7. The first kappa shape index (κ1) is 15.1. The molecule has 2 aromatic carbocycles. The molecule has 0 unspecified atom stereocenters. The highest BCUT2D eigenvalue weighted by Gasteiger charge is 2.18. The SMILES string of the molecule is C=C1C=C(c2ccccc2-c2ncc[nH]2)Nc2cc(C(C)=O)ccc21. The molecule has 1 aliphatic heterocycles. The predicted molar refractivity (Wildman–Crippen MR) is 101 cm³/mol. The molecule has 2 N–H and O–H groups in total. The summed E-state index contributed by atoms with van der Waals surface area (Å²) in [6.07, 6.45) is 5.57. The lowest BCUT2D eigenvalue weighted by molar-refractivity contribution is 0.101. The summed E-state index contributed by atoms with van der Waals surface area (Å²) < 4.78 is 0. The summed E-state index contributed by atoms with van der Waals surface area (Å²) in [6.45, 7) is 5.75. The van der Waals surface area contributed by atoms with E-state index < -0.39 is 0 Å². The molecule has 0 bridgehead atoms. The zero-order chi connectivity index (χ0) is 17.4. The fraction of sp³-hybridized carbons (Fsp3) is 0.0476. The number of benzene rings is 2. The second kappa shape index (κ2) is 5.91. The first-order valence-corrected chi connectivity index (χ1v) is 8.05. The Kier molecular flexibility index (Phi) is 3.58. The van der Waals surface area contributed by atoms with E-state index in [0.717, 1.165) is 39.5 Å². The highest BCUT2D eigenvalue weighted by atomic mass is 16.1. The van der Waals surface area contributed by atoms with Gasteiger partial charge in [0.1, 0.15) is 5.82 Å². The van der Waals surface area contributed by atoms with Crippen molar-refractivity contribution >= 4 is 22.7 Å². The van der Waals surface area contributed by atoms with Crippen molar-refractivity contribution in [3.63, 3.8) is 0 Å². The molecule has 3 aromatic rings. The molecule has 0 saturated carbocycles. The van der Waals surface area contributed by atoms with Gasteiger partial charge in [-0.2, -0.15) is 0 Å². The van der Waals surface area contributed by atoms with Gasteiger partial charge in [0.05, 0.1) is 0 Å². The zero-order valence-electron chi connectivity index (χ0n) is 13.8. The Bertz CT molecular complexity index is 1010. The van der Waals surface area contributed by atoms with Crippen molar-refractivity contribution < 1.29 is 4.79 Å². The highest BCUT2D eigenvalue weighted by Crippen LogP contribution is 2.37. The number of hydrogen-bond acceptors (Lipinski definition) is 3. The summed E-state index contributed by atoms with van der Waals surface area (Å²) >= 11 is 0. The third kappa shape index (κ3) is 2.68. The number of aromatic nitrogens is 2. The number of rotatable bonds is 3. The molecular weight excluding hydrogens is 310 g/mol. The molecule has 4 heteroatoms. The van der Waals surface area contributed by atoms with Crippen LogP contribution in [0.25, 0.3) is 22.7 Å². The van der Waals surface area contributed by atoms with Gasteiger partial charge >= 0.3 is 0 Å². The molecular formula is C21H17N3O. The van der Waals surface area contributed by atoms with Crippen LogP contribution in [0.15, 0.2) is 67.5 Å². The van der Waals surface area contributed by atoms with Crippen LogP contribution in [0.3, 0.4) is 0 Å². The number of fused-ring (bicyclic) bond motifs is 1. The third-order valence-corrected chi connectivity index (χ3v) is 4.33. The Morgan fingerprint density at radius 1 is 1.08 bits per heavy atom. The number of anilines is 1. The number of H-pyrrole nitrogens is 1. The number of allylic oxidation sites excluding steroid dienone is 2. The van der Waals surface area contributed by atoms with Gasteiger partial charge in [0.25, 0.3) is 0 Å². The number of Topliss-reactive ketones (excluding diaryl/α,β-unsaturated/α-hetero) is 1. The first-order chi connectivity index (χ1) is 12.1. The van der Waals surface area contributed by atoms with E-state index in [9.17, 15) is 4.79 Å². The Hall–Kier alpha value is -3.40. The molecule has 0 fully saturated rings. The number of carbonyl (C=O) groups excluding carboxylic acids is 1. The molecule has 4 rings (SSSR count). The van der Waals surface area contributed by atoms with Crippen molar-refractivity contribution in [3.8, 4) is 11.4 Å². The number of hydrogen-bond donors (Lipinski definition) is 2. The number of carbonyl (C=O) groups is 1. The van der Waals surface area contributed by atoms with Gasteiger partial charge in [0.2, 0.25) is 0 Å². The van der Waals surface area contributed by atoms with Crippen LogP contribution in [0.5, 0.6) is 0 Å². The van der Waals surface area contributed by atoms with E-state index in [1.807, 2.05) is 54.7 Å². The van der Waals surface area contributed by atoms with E-state index in [-0.39, 0.29) is 5.78 Å². The summed E-state index contributed by atoms with van der Waals surface area (Å²) in [4.78, 5) is 19.2. The van der Waals surface area contributed by atoms with Gasteiger partial charge in [-0.1, -0.05) is 43.0 Å². The number of ketones is 1. The standard InChI is InChI=1S/C21H17N3O/c1-13-11-19(24-20-12-15(14(2)25)7-8-16(13)20)17-5-3-4-6-18(17)21-22-9-10-23-21/h3-12,24H,1H2,2H3,(H,22,23). The van der Waals surface area contributed by atoms with Crippen molar-refractivity contribution in [2.75, 3.05) is 5.32 Å². The van der Waals surface area contributed by atoms with Crippen LogP contribution in [0.4, 0.5) is 5.69 Å². The summed E-state index contributed by atoms with van der Waals surface area (Å²) in [5.74, 6) is 0.856. The van der Waals surface area contributed by atoms with Gasteiger partial charge in [-0.05, 0) is 24.6 Å². The Balaban J connectivity index is 1.80. The molecule has 25 heavy (non-hydrogen) atoms. The lowest BCUT2D eigenvalue weighted by Gasteiger charge is -2.23. The number of nitrogens with zero attached hydrogens (tertiary/aromatic N) is 1. The smallest absolute Gasteiger partial charge is 0.159 e. The van der Waals surface area contributed by atoms with Gasteiger partial charge in [-0.25, -0.2) is 4.98 Å². The van der Waals surface area contributed by atoms with Gasteiger partial charge in [0.15, 0.2) is 5.78 Å². The lowest BCUT2D eigenvalue weighted by atomic mass is 9.94. The minimum absolute atomic E-state index is 0.0438. The van der Waals surface area contributed by atoms with Crippen LogP contribution in [-0.4, -0.2) is 15.8 Å². The van der Waals surface area contributed by atoms with Crippen molar-refractivity contribution in [1.82, 2.24) is 9.97 Å². The van der Waals surface area contributed by atoms with Crippen LogP contribution in [0.1, 0.15) is 28.4 Å². The van der Waals surface area contributed by atoms with Crippen molar-refractivity contribution in [2.45, 2.75) is 6.92 Å². The molecule has 4 nitrogen and oxygen atoms in total. The first-order valence-electron chi connectivity index (χ1n) is 8.05. The molecule has 0 atom stereocenters. The van der Waals surface area contributed by atoms with Crippen LogP contribution in [0.2, 0.25) is 0 Å². The fourth-order valence-corrected chi connectivity index (χ4v) is 3.06. The normalized spacial score (nSPS) is 13.0. The topological polar surface area (TPSA) is 57.8 Å². The maximum Gasteiger partial charge on any atom is 0.159 e. The molecule has 122 valence electrons. The highest BCUT2D eigenvalue weighted by molar-refractivity contribution is 6.02. The van der Waals surface area contributed by atoms with Crippen LogP contribution in [0, 0.1) is 0 Å². The molecule has 0 saturated heterocycles. The van der Waals surface area contributed by atoms with Gasteiger partial charge < -0.3 is 10.3 Å². The van der Waals surface area contributed by atoms with Gasteiger partial charge in [0, 0.05) is 46.0 Å². The summed E-state index contributed by atoms with van der Waals surface area (Å²) in [5.41, 5.74) is 6.45. The van der Waals surface area contributed by atoms with E-state index in [0.29, 0.717) is 5.56 Å². The molecule has 0 spiro atoms. The van der Waals surface area contributed by atoms with E-state index in [4.69, 9.17) is 0 Å². The summed E-state index contributed by atoms with van der Waals surface area (Å²) in [5, 5.41) is 3.45. The number of aromatic amines is 1. The van der Waals surface area contributed by atoms with Crippen molar-refractivity contribution in [3.05, 3.63) is 84.2 Å². The quantitative estimate of drug-likeness (QED) is 0.682. The largest absolute Gasteiger partial charge is 0.354 e. The van der Waals surface area contributed by atoms with E-state index in [2.05, 4.69) is 21.9 Å². The molecule has 0 amide bonds. The Labute approximate surface area is 145 Å². The number of imidazole rings is 1. The third-order valence-electron chi connectivity index (χ3n) is 4.33. The minimum Gasteiger partial charge on any atom is -0.354 e. The van der Waals surface area contributed by atoms with E-state index in [1.165, 1.54) is 0 Å². The fourth-order valence-electron chi connectivity index (χ4n) is 3.06. The second-order valence-electron chi connectivity index (χ2n) is 6.01. The van der Waals surface area contributed by atoms with Crippen molar-refractivity contribution in [1.29, 1.82) is 0 Å². The molecule has 1 aromatic heterocycles. The molecule has 1 aliphatic rings. The Morgan fingerprint density at radius 2 is 1.88 bits per heavy atom. The molecule has 2 heterocycles. The van der Waals surface area contributed by atoms with Crippen LogP contribution in [-0.2, 0) is 0 Å². The van der Waals surface area contributed by atoms with Gasteiger partial charge in [-0.3, -0.25) is 4.79 Å².